The second-order valence-electron chi connectivity index (χ2n) is 4.69. The van der Waals surface area contributed by atoms with E-state index in [-0.39, 0.29) is 5.11 Å². The molecule has 4 N–H and O–H groups in total. The van der Waals surface area contributed by atoms with Crippen molar-refractivity contribution in [1.82, 2.24) is 10.3 Å². The first-order valence-corrected chi connectivity index (χ1v) is 7.39. The van der Waals surface area contributed by atoms with Gasteiger partial charge in [-0.15, -0.1) is 0 Å². The lowest BCUT2D eigenvalue weighted by Gasteiger charge is -2.29. The number of hydrazone groups is 2. The summed E-state index contributed by atoms with van der Waals surface area (Å²) >= 11 is 4.77. The lowest BCUT2D eigenvalue weighted by atomic mass is 10.3. The van der Waals surface area contributed by atoms with Gasteiger partial charge in [0.25, 0.3) is 0 Å². The van der Waals surface area contributed by atoms with Crippen molar-refractivity contribution in [3.63, 3.8) is 0 Å². The molecule has 1 fully saturated rings. The predicted octanol–water partition coefficient (Wildman–Crippen LogP) is 0.953. The van der Waals surface area contributed by atoms with E-state index in [1.807, 2.05) is 37.3 Å². The molecule has 1 aromatic rings. The predicted molar refractivity (Wildman–Crippen MR) is 92.9 cm³/mol. The van der Waals surface area contributed by atoms with E-state index in [1.165, 1.54) is 0 Å². The molecule has 1 heterocycles. The van der Waals surface area contributed by atoms with Crippen molar-refractivity contribution >= 4 is 34.6 Å². The molecule has 1 aromatic carbocycles. The van der Waals surface area contributed by atoms with Crippen molar-refractivity contribution in [3.05, 3.63) is 30.3 Å². The van der Waals surface area contributed by atoms with Crippen LogP contribution in [0.4, 0.5) is 5.69 Å². The highest BCUT2D eigenvalue weighted by atomic mass is 32.1. The SMILES string of the molecule is CC(=N\NC(N)=S)/C(=N/Nc1ccccc1)N1CCOCC1. The molecule has 0 amide bonds. The fraction of sp³-hybridized carbons (Fsp3) is 0.357. The number of nitrogens with zero attached hydrogens (tertiary/aromatic N) is 3. The first kappa shape index (κ1) is 16.2. The smallest absolute Gasteiger partial charge is 0.184 e. The van der Waals surface area contributed by atoms with Gasteiger partial charge in [0, 0.05) is 13.1 Å². The van der Waals surface area contributed by atoms with Gasteiger partial charge in [-0.1, -0.05) is 18.2 Å². The Morgan fingerprint density at radius 2 is 1.91 bits per heavy atom. The number of thiocarbonyl (C=S) groups is 1. The van der Waals surface area contributed by atoms with Crippen LogP contribution in [-0.2, 0) is 4.74 Å². The molecule has 7 nitrogen and oxygen atoms in total. The molecule has 8 heteroatoms. The monoisotopic (exact) mass is 320 g/mol. The van der Waals surface area contributed by atoms with Crippen molar-refractivity contribution in [3.8, 4) is 0 Å². The van der Waals surface area contributed by atoms with E-state index in [9.17, 15) is 0 Å². The molecule has 0 bridgehead atoms. The first-order chi connectivity index (χ1) is 10.7. The molecule has 0 spiro atoms. The molecular weight excluding hydrogens is 300 g/mol. The number of morpholine rings is 1. The number of amidine groups is 1. The molecule has 1 saturated heterocycles. The van der Waals surface area contributed by atoms with E-state index >= 15 is 0 Å². The Bertz CT molecular complexity index is 554. The van der Waals surface area contributed by atoms with E-state index in [1.54, 1.807) is 0 Å². The Morgan fingerprint density at radius 1 is 1.23 bits per heavy atom. The van der Waals surface area contributed by atoms with E-state index in [0.29, 0.717) is 18.9 Å². The number of nitrogens with two attached hydrogens (primary N) is 1. The zero-order valence-corrected chi connectivity index (χ0v) is 13.3. The second kappa shape index (κ2) is 8.30. The number of rotatable bonds is 4. The molecule has 0 radical (unpaired) electrons. The highest BCUT2D eigenvalue weighted by Crippen LogP contribution is 2.07. The third-order valence-electron chi connectivity index (χ3n) is 3.03. The third-order valence-corrected chi connectivity index (χ3v) is 3.12. The molecule has 0 atom stereocenters. The quantitative estimate of drug-likeness (QED) is 0.331. The van der Waals surface area contributed by atoms with Gasteiger partial charge in [0.15, 0.2) is 10.9 Å². The lowest BCUT2D eigenvalue weighted by molar-refractivity contribution is 0.0688. The van der Waals surface area contributed by atoms with Crippen LogP contribution in [0, 0.1) is 0 Å². The van der Waals surface area contributed by atoms with Crippen LogP contribution >= 0.6 is 12.2 Å². The van der Waals surface area contributed by atoms with E-state index in [0.717, 1.165) is 24.6 Å². The molecule has 22 heavy (non-hydrogen) atoms. The molecule has 1 aliphatic heterocycles. The molecule has 2 rings (SSSR count). The average molecular weight is 320 g/mol. The van der Waals surface area contributed by atoms with Crippen LogP contribution in [-0.4, -0.2) is 47.9 Å². The summed E-state index contributed by atoms with van der Waals surface area (Å²) in [6.07, 6.45) is 0. The van der Waals surface area contributed by atoms with Gasteiger partial charge in [-0.2, -0.15) is 10.2 Å². The summed E-state index contributed by atoms with van der Waals surface area (Å²) in [6.45, 7) is 4.71. The number of benzene rings is 1. The van der Waals surface area contributed by atoms with Crippen LogP contribution in [0.15, 0.2) is 40.5 Å². The van der Waals surface area contributed by atoms with Gasteiger partial charge in [-0.3, -0.25) is 10.9 Å². The summed E-state index contributed by atoms with van der Waals surface area (Å²) in [6, 6.07) is 9.74. The van der Waals surface area contributed by atoms with Crippen LogP contribution in [0.5, 0.6) is 0 Å². The van der Waals surface area contributed by atoms with Crippen molar-refractivity contribution in [2.75, 3.05) is 31.7 Å². The highest BCUT2D eigenvalue weighted by Gasteiger charge is 2.18. The van der Waals surface area contributed by atoms with Crippen molar-refractivity contribution in [1.29, 1.82) is 0 Å². The minimum absolute atomic E-state index is 0.122. The minimum Gasteiger partial charge on any atom is -0.378 e. The van der Waals surface area contributed by atoms with Gasteiger partial charge in [0.2, 0.25) is 0 Å². The minimum atomic E-state index is 0.122. The highest BCUT2D eigenvalue weighted by molar-refractivity contribution is 7.80. The van der Waals surface area contributed by atoms with Crippen LogP contribution < -0.4 is 16.6 Å². The lowest BCUT2D eigenvalue weighted by Crippen LogP contribution is -2.44. The van der Waals surface area contributed by atoms with Crippen molar-refractivity contribution in [2.24, 2.45) is 15.9 Å². The Kier molecular flexibility index (Phi) is 6.11. The standard InChI is InChI=1S/C14H20N6OS/c1-11(16-19-14(15)22)13(20-7-9-21-10-8-20)18-17-12-5-3-2-4-6-12/h2-6,17H,7-10H2,1H3,(H3,15,19,22)/b16-11+,18-13-. The molecule has 0 unspecified atom stereocenters. The van der Waals surface area contributed by atoms with E-state index in [4.69, 9.17) is 22.7 Å². The second-order valence-corrected chi connectivity index (χ2v) is 5.13. The molecule has 0 aromatic heterocycles. The topological polar surface area (TPSA) is 87.3 Å². The van der Waals surface area contributed by atoms with Gasteiger partial charge < -0.3 is 15.4 Å². The average Bonchev–Trinajstić information content (AvgIpc) is 2.55. The molecular formula is C14H20N6OS. The molecule has 0 saturated carbocycles. The Hall–Kier alpha value is -2.19. The molecule has 0 aliphatic carbocycles. The van der Waals surface area contributed by atoms with E-state index in [2.05, 4.69) is 26.0 Å². The van der Waals surface area contributed by atoms with Gasteiger partial charge >= 0.3 is 0 Å². The Morgan fingerprint density at radius 3 is 2.55 bits per heavy atom. The molecule has 1 aliphatic rings. The number of nitrogens with one attached hydrogen (secondary N) is 2. The zero-order chi connectivity index (χ0) is 15.8. The number of anilines is 1. The van der Waals surface area contributed by atoms with Gasteiger partial charge in [-0.05, 0) is 31.3 Å². The maximum absolute atomic E-state index is 5.41. The van der Waals surface area contributed by atoms with E-state index < -0.39 is 0 Å². The Labute approximate surface area is 135 Å². The largest absolute Gasteiger partial charge is 0.378 e. The van der Waals surface area contributed by atoms with Crippen LogP contribution in [0.2, 0.25) is 0 Å². The number of ether oxygens (including phenoxy) is 1. The van der Waals surface area contributed by atoms with Crippen LogP contribution in [0.1, 0.15) is 6.92 Å². The summed E-state index contributed by atoms with van der Waals surface area (Å²) in [5, 5.41) is 8.76. The number of para-hydroxylation sites is 1. The normalized spacial score (nSPS) is 16.3. The summed E-state index contributed by atoms with van der Waals surface area (Å²) < 4.78 is 5.38. The maximum atomic E-state index is 5.41. The fourth-order valence-electron chi connectivity index (χ4n) is 1.97. The summed E-state index contributed by atoms with van der Waals surface area (Å²) in [5.74, 6) is 0.732. The van der Waals surface area contributed by atoms with Gasteiger partial charge in [-0.25, -0.2) is 0 Å². The van der Waals surface area contributed by atoms with Crippen LogP contribution in [0.25, 0.3) is 0 Å². The first-order valence-electron chi connectivity index (χ1n) is 6.98. The van der Waals surface area contributed by atoms with Crippen molar-refractivity contribution in [2.45, 2.75) is 6.92 Å². The number of hydrogen-bond donors (Lipinski definition) is 3. The summed E-state index contributed by atoms with van der Waals surface area (Å²) in [7, 11) is 0. The fourth-order valence-corrected chi connectivity index (χ4v) is 2.02. The van der Waals surface area contributed by atoms with Gasteiger partial charge in [0.1, 0.15) is 5.71 Å². The zero-order valence-electron chi connectivity index (χ0n) is 12.5. The summed E-state index contributed by atoms with van der Waals surface area (Å²) in [4.78, 5) is 2.11. The van der Waals surface area contributed by atoms with Gasteiger partial charge in [0.05, 0.1) is 18.9 Å². The van der Waals surface area contributed by atoms with Crippen LogP contribution in [0.3, 0.4) is 0 Å². The third kappa shape index (κ3) is 4.97. The molecule has 118 valence electrons. The van der Waals surface area contributed by atoms with Crippen molar-refractivity contribution < 1.29 is 4.74 Å². The Balaban J connectivity index is 2.16. The summed E-state index contributed by atoms with van der Waals surface area (Å²) in [5.41, 5.74) is 12.6. The maximum Gasteiger partial charge on any atom is 0.184 e. The number of hydrogen-bond acceptors (Lipinski definition) is 5.